The summed E-state index contributed by atoms with van der Waals surface area (Å²) in [5.74, 6) is -1.31. The lowest BCUT2D eigenvalue weighted by Gasteiger charge is -2.06. The van der Waals surface area contributed by atoms with Gasteiger partial charge in [-0.1, -0.05) is 12.1 Å². The van der Waals surface area contributed by atoms with E-state index in [4.69, 9.17) is 4.74 Å². The standard InChI is InChI=1S/C21H23FN2O3/c1-14-11-17(15(2)24(14)19-8-9-19)5-10-21(26)27-13-20(25)23-12-16-3-6-18(22)7-4-16/h3-7,10-11,19H,8-9,12-13H2,1-2H3,(H,23,25)/b10-5+. The van der Waals surface area contributed by atoms with Gasteiger partial charge in [0.05, 0.1) is 0 Å². The minimum atomic E-state index is -0.567. The van der Waals surface area contributed by atoms with Crippen LogP contribution in [0.2, 0.25) is 0 Å². The molecule has 3 rings (SSSR count). The number of nitrogens with one attached hydrogen (secondary N) is 1. The normalized spacial score (nSPS) is 13.7. The molecular formula is C21H23FN2O3. The predicted molar refractivity (Wildman–Crippen MR) is 100 cm³/mol. The summed E-state index contributed by atoms with van der Waals surface area (Å²) >= 11 is 0. The number of ether oxygens (including phenoxy) is 1. The van der Waals surface area contributed by atoms with Crippen LogP contribution in [0, 0.1) is 19.7 Å². The predicted octanol–water partition coefficient (Wildman–Crippen LogP) is 3.45. The lowest BCUT2D eigenvalue weighted by Crippen LogP contribution is -2.28. The van der Waals surface area contributed by atoms with Crippen molar-refractivity contribution in [1.82, 2.24) is 9.88 Å². The maximum atomic E-state index is 12.8. The highest BCUT2D eigenvalue weighted by Gasteiger charge is 2.26. The molecule has 142 valence electrons. The largest absolute Gasteiger partial charge is 0.452 e. The summed E-state index contributed by atoms with van der Waals surface area (Å²) in [6.07, 6.45) is 5.47. The molecule has 2 aromatic rings. The minimum absolute atomic E-state index is 0.250. The van der Waals surface area contributed by atoms with E-state index in [9.17, 15) is 14.0 Å². The molecule has 0 unspecified atom stereocenters. The van der Waals surface area contributed by atoms with Crippen LogP contribution in [0.1, 0.15) is 41.4 Å². The number of amides is 1. The molecule has 1 aliphatic rings. The Morgan fingerprint density at radius 1 is 1.26 bits per heavy atom. The molecule has 1 heterocycles. The maximum Gasteiger partial charge on any atom is 0.331 e. The summed E-state index contributed by atoms with van der Waals surface area (Å²) in [5, 5.41) is 2.62. The molecule has 0 aliphatic heterocycles. The summed E-state index contributed by atoms with van der Waals surface area (Å²) in [5.41, 5.74) is 4.07. The van der Waals surface area contributed by atoms with Crippen LogP contribution in [-0.4, -0.2) is 23.1 Å². The molecule has 1 fully saturated rings. The van der Waals surface area contributed by atoms with E-state index < -0.39 is 11.9 Å². The molecule has 5 nitrogen and oxygen atoms in total. The van der Waals surface area contributed by atoms with Crippen molar-refractivity contribution >= 4 is 18.0 Å². The average Bonchev–Trinajstić information content (AvgIpc) is 3.43. The van der Waals surface area contributed by atoms with Gasteiger partial charge in [-0.25, -0.2) is 9.18 Å². The highest BCUT2D eigenvalue weighted by atomic mass is 19.1. The van der Waals surface area contributed by atoms with Gasteiger partial charge in [0.15, 0.2) is 6.61 Å². The molecule has 0 bridgehead atoms. The molecule has 0 radical (unpaired) electrons. The van der Waals surface area contributed by atoms with Crippen molar-refractivity contribution in [2.24, 2.45) is 0 Å². The molecule has 0 spiro atoms. The van der Waals surface area contributed by atoms with Crippen molar-refractivity contribution < 1.29 is 18.7 Å². The minimum Gasteiger partial charge on any atom is -0.452 e. The second-order valence-electron chi connectivity index (χ2n) is 6.77. The zero-order valence-electron chi connectivity index (χ0n) is 15.5. The molecule has 1 aromatic heterocycles. The number of esters is 1. The van der Waals surface area contributed by atoms with E-state index in [2.05, 4.69) is 16.8 Å². The van der Waals surface area contributed by atoms with Gasteiger partial charge in [0.1, 0.15) is 5.82 Å². The zero-order chi connectivity index (χ0) is 19.4. The Balaban J connectivity index is 1.45. The molecule has 1 amide bonds. The van der Waals surface area contributed by atoms with Crippen LogP contribution in [-0.2, 0) is 20.9 Å². The Morgan fingerprint density at radius 2 is 1.96 bits per heavy atom. The van der Waals surface area contributed by atoms with Crippen LogP contribution in [0.3, 0.4) is 0 Å². The van der Waals surface area contributed by atoms with Crippen LogP contribution < -0.4 is 5.32 Å². The molecule has 0 atom stereocenters. The molecule has 6 heteroatoms. The number of nitrogens with zero attached hydrogens (tertiary/aromatic N) is 1. The number of benzene rings is 1. The van der Waals surface area contributed by atoms with Gasteiger partial charge in [-0.15, -0.1) is 0 Å². The van der Waals surface area contributed by atoms with Crippen molar-refractivity contribution in [1.29, 1.82) is 0 Å². The highest BCUT2D eigenvalue weighted by Crippen LogP contribution is 2.38. The number of hydrogen-bond donors (Lipinski definition) is 1. The zero-order valence-corrected chi connectivity index (χ0v) is 15.5. The first-order valence-corrected chi connectivity index (χ1v) is 8.98. The number of aryl methyl sites for hydroxylation is 1. The van der Waals surface area contributed by atoms with E-state index in [0.29, 0.717) is 6.04 Å². The molecule has 27 heavy (non-hydrogen) atoms. The lowest BCUT2D eigenvalue weighted by molar-refractivity contribution is -0.143. The van der Waals surface area contributed by atoms with Gasteiger partial charge in [-0.05, 0) is 62.1 Å². The third kappa shape index (κ3) is 5.06. The molecule has 0 saturated heterocycles. The van der Waals surface area contributed by atoms with Gasteiger partial charge in [0, 0.05) is 30.1 Å². The Bertz CT molecular complexity index is 864. The van der Waals surface area contributed by atoms with E-state index in [-0.39, 0.29) is 19.0 Å². The van der Waals surface area contributed by atoms with E-state index in [1.54, 1.807) is 18.2 Å². The van der Waals surface area contributed by atoms with Crippen LogP contribution in [0.25, 0.3) is 6.08 Å². The number of hydrogen-bond acceptors (Lipinski definition) is 3. The number of halogens is 1. The summed E-state index contributed by atoms with van der Waals surface area (Å²) in [4.78, 5) is 23.6. The molecular weight excluding hydrogens is 347 g/mol. The first-order chi connectivity index (χ1) is 12.9. The van der Waals surface area contributed by atoms with Crippen LogP contribution in [0.5, 0.6) is 0 Å². The van der Waals surface area contributed by atoms with Gasteiger partial charge in [-0.2, -0.15) is 0 Å². The average molecular weight is 370 g/mol. The van der Waals surface area contributed by atoms with Crippen molar-refractivity contribution in [3.63, 3.8) is 0 Å². The Morgan fingerprint density at radius 3 is 2.63 bits per heavy atom. The van der Waals surface area contributed by atoms with Crippen molar-refractivity contribution in [3.05, 3.63) is 64.7 Å². The van der Waals surface area contributed by atoms with Crippen LogP contribution in [0.4, 0.5) is 4.39 Å². The van der Waals surface area contributed by atoms with E-state index in [0.717, 1.165) is 16.8 Å². The summed E-state index contributed by atoms with van der Waals surface area (Å²) in [6.45, 7) is 4.00. The lowest BCUT2D eigenvalue weighted by atomic mass is 10.2. The number of rotatable bonds is 7. The Labute approximate surface area is 157 Å². The van der Waals surface area contributed by atoms with Crippen molar-refractivity contribution in [2.75, 3.05) is 6.61 Å². The van der Waals surface area contributed by atoms with Crippen molar-refractivity contribution in [3.8, 4) is 0 Å². The third-order valence-electron chi connectivity index (χ3n) is 4.58. The smallest absolute Gasteiger partial charge is 0.331 e. The number of carbonyl (C=O) groups is 2. The molecule has 1 N–H and O–H groups in total. The number of aromatic nitrogens is 1. The monoisotopic (exact) mass is 370 g/mol. The van der Waals surface area contributed by atoms with Crippen molar-refractivity contribution in [2.45, 2.75) is 39.3 Å². The first kappa shape index (κ1) is 18.9. The fourth-order valence-corrected chi connectivity index (χ4v) is 3.06. The quantitative estimate of drug-likeness (QED) is 0.600. The Kier molecular flexibility index (Phi) is 5.74. The summed E-state index contributed by atoms with van der Waals surface area (Å²) in [7, 11) is 0. The fourth-order valence-electron chi connectivity index (χ4n) is 3.06. The van der Waals surface area contributed by atoms with Gasteiger partial charge < -0.3 is 14.6 Å². The highest BCUT2D eigenvalue weighted by molar-refractivity contribution is 5.89. The molecule has 1 saturated carbocycles. The second-order valence-corrected chi connectivity index (χ2v) is 6.77. The molecule has 1 aromatic carbocycles. The van der Waals surface area contributed by atoms with Gasteiger partial charge >= 0.3 is 5.97 Å². The van der Waals surface area contributed by atoms with Gasteiger partial charge in [-0.3, -0.25) is 4.79 Å². The van der Waals surface area contributed by atoms with Gasteiger partial charge in [0.25, 0.3) is 5.91 Å². The number of carbonyl (C=O) groups excluding carboxylic acids is 2. The van der Waals surface area contributed by atoms with E-state index in [1.165, 1.54) is 36.7 Å². The maximum absolute atomic E-state index is 12.8. The first-order valence-electron chi connectivity index (χ1n) is 8.98. The molecule has 1 aliphatic carbocycles. The van der Waals surface area contributed by atoms with Crippen LogP contribution >= 0.6 is 0 Å². The van der Waals surface area contributed by atoms with E-state index in [1.807, 2.05) is 13.0 Å². The van der Waals surface area contributed by atoms with E-state index >= 15 is 0 Å². The summed E-state index contributed by atoms with van der Waals surface area (Å²) in [6, 6.07) is 8.46. The van der Waals surface area contributed by atoms with Crippen LogP contribution in [0.15, 0.2) is 36.4 Å². The SMILES string of the molecule is Cc1cc(/C=C/C(=O)OCC(=O)NCc2ccc(F)cc2)c(C)n1C1CC1. The summed E-state index contributed by atoms with van der Waals surface area (Å²) < 4.78 is 20.1. The Hall–Kier alpha value is -2.89. The topological polar surface area (TPSA) is 60.3 Å². The third-order valence-corrected chi connectivity index (χ3v) is 4.58. The fraction of sp³-hybridized carbons (Fsp3) is 0.333. The van der Waals surface area contributed by atoms with Gasteiger partial charge in [0.2, 0.25) is 0 Å². The second kappa shape index (κ2) is 8.20.